The van der Waals surface area contributed by atoms with Crippen molar-refractivity contribution in [1.29, 1.82) is 0 Å². The number of carbonyl (C=O) groups is 1. The quantitative estimate of drug-likeness (QED) is 0.875. The third-order valence-electron chi connectivity index (χ3n) is 2.88. The molecule has 2 N–H and O–H groups in total. The smallest absolute Gasteiger partial charge is 0.287 e. The summed E-state index contributed by atoms with van der Waals surface area (Å²) in [5.41, 5.74) is 1.74. The predicted octanol–water partition coefficient (Wildman–Crippen LogP) is 2.08. The minimum absolute atomic E-state index is 0.144. The van der Waals surface area contributed by atoms with E-state index in [1.165, 1.54) is 0 Å². The number of aryl methyl sites for hydroxylation is 1. The lowest BCUT2D eigenvalue weighted by molar-refractivity contribution is 0.0886. The van der Waals surface area contributed by atoms with Crippen molar-refractivity contribution >= 4 is 21.8 Å². The number of hydrogen-bond donors (Lipinski definition) is 2. The van der Waals surface area contributed by atoms with E-state index in [2.05, 4.69) is 26.2 Å². The van der Waals surface area contributed by atoms with Crippen molar-refractivity contribution in [3.05, 3.63) is 52.1 Å². The Morgan fingerprint density at radius 2 is 2.20 bits per heavy atom. The number of hydrogen-bond acceptors (Lipinski definition) is 4. The molecule has 0 fully saturated rings. The van der Waals surface area contributed by atoms with Crippen molar-refractivity contribution in [2.75, 3.05) is 6.61 Å². The number of nitrogens with one attached hydrogen (secondary N) is 1. The first-order chi connectivity index (χ1) is 9.60. The molecule has 0 saturated heterocycles. The SMILES string of the molecule is Cc1cc(Br)oc1C(=O)N[C@@H](CO)Cc1ccncc1. The zero-order valence-corrected chi connectivity index (χ0v) is 12.6. The maximum absolute atomic E-state index is 12.1. The highest BCUT2D eigenvalue weighted by Gasteiger charge is 2.18. The Hall–Kier alpha value is -1.66. The molecule has 0 unspecified atom stereocenters. The number of aliphatic hydroxyl groups excluding tert-OH is 1. The van der Waals surface area contributed by atoms with E-state index >= 15 is 0 Å². The number of halogens is 1. The van der Waals surface area contributed by atoms with Gasteiger partial charge in [-0.25, -0.2) is 0 Å². The Morgan fingerprint density at radius 3 is 2.75 bits per heavy atom. The summed E-state index contributed by atoms with van der Waals surface area (Å²) >= 11 is 3.19. The van der Waals surface area contributed by atoms with Crippen LogP contribution in [0.15, 0.2) is 39.7 Å². The third-order valence-corrected chi connectivity index (χ3v) is 3.27. The summed E-state index contributed by atoms with van der Waals surface area (Å²) in [6, 6.07) is 5.06. The number of rotatable bonds is 5. The number of aromatic nitrogens is 1. The van der Waals surface area contributed by atoms with Crippen molar-refractivity contribution in [3.8, 4) is 0 Å². The van der Waals surface area contributed by atoms with E-state index in [4.69, 9.17) is 4.42 Å². The van der Waals surface area contributed by atoms with Gasteiger partial charge in [0, 0.05) is 18.0 Å². The second-order valence-corrected chi connectivity index (χ2v) is 5.26. The van der Waals surface area contributed by atoms with Gasteiger partial charge in [0.2, 0.25) is 0 Å². The summed E-state index contributed by atoms with van der Waals surface area (Å²) in [6.07, 6.45) is 3.89. The normalized spacial score (nSPS) is 12.2. The molecule has 5 nitrogen and oxygen atoms in total. The molecular weight excluding hydrogens is 324 g/mol. The molecule has 6 heteroatoms. The molecule has 20 heavy (non-hydrogen) atoms. The lowest BCUT2D eigenvalue weighted by atomic mass is 10.1. The first-order valence-electron chi connectivity index (χ1n) is 6.16. The minimum atomic E-state index is -0.367. The van der Waals surface area contributed by atoms with E-state index in [1.807, 2.05) is 12.1 Å². The van der Waals surface area contributed by atoms with Crippen LogP contribution in [0, 0.1) is 6.92 Å². The fourth-order valence-corrected chi connectivity index (χ4v) is 2.39. The number of amides is 1. The van der Waals surface area contributed by atoms with Crippen molar-refractivity contribution in [1.82, 2.24) is 10.3 Å². The molecular formula is C14H15BrN2O3. The van der Waals surface area contributed by atoms with E-state index in [1.54, 1.807) is 25.4 Å². The lowest BCUT2D eigenvalue weighted by Gasteiger charge is -2.15. The van der Waals surface area contributed by atoms with Gasteiger partial charge in [-0.2, -0.15) is 0 Å². The summed E-state index contributed by atoms with van der Waals surface area (Å²) in [5.74, 6) is -0.0774. The van der Waals surface area contributed by atoms with Gasteiger partial charge in [-0.05, 0) is 53.0 Å². The highest BCUT2D eigenvalue weighted by atomic mass is 79.9. The van der Waals surface area contributed by atoms with Crippen LogP contribution in [0.25, 0.3) is 0 Å². The molecule has 106 valence electrons. The molecule has 1 atom stereocenters. The van der Waals surface area contributed by atoms with Crippen molar-refractivity contribution in [2.45, 2.75) is 19.4 Å². The highest BCUT2D eigenvalue weighted by molar-refractivity contribution is 9.10. The van der Waals surface area contributed by atoms with E-state index < -0.39 is 0 Å². The Bertz CT molecular complexity index is 583. The maximum atomic E-state index is 12.1. The van der Waals surface area contributed by atoms with Crippen LogP contribution in [0.5, 0.6) is 0 Å². The number of nitrogens with zero attached hydrogens (tertiary/aromatic N) is 1. The van der Waals surface area contributed by atoms with Gasteiger partial charge < -0.3 is 14.8 Å². The standard InChI is InChI=1S/C14H15BrN2O3/c1-9-6-12(15)20-13(9)14(19)17-11(8-18)7-10-2-4-16-5-3-10/h2-6,11,18H,7-8H2,1H3,(H,17,19)/t11-/m1/s1. The van der Waals surface area contributed by atoms with Crippen molar-refractivity contribution in [3.63, 3.8) is 0 Å². The second kappa shape index (κ2) is 6.67. The zero-order chi connectivity index (χ0) is 14.5. The summed E-state index contributed by atoms with van der Waals surface area (Å²) in [5, 5.41) is 12.1. The van der Waals surface area contributed by atoms with Crippen LogP contribution in [-0.2, 0) is 6.42 Å². The molecule has 2 aromatic rings. The Labute approximate surface area is 125 Å². The van der Waals surface area contributed by atoms with E-state index in [0.29, 0.717) is 11.1 Å². The molecule has 0 aliphatic carbocycles. The van der Waals surface area contributed by atoms with Gasteiger partial charge >= 0.3 is 0 Å². The average molecular weight is 339 g/mol. The molecule has 0 spiro atoms. The zero-order valence-electron chi connectivity index (χ0n) is 11.0. The number of furan rings is 1. The van der Waals surface area contributed by atoms with E-state index in [-0.39, 0.29) is 24.3 Å². The minimum Gasteiger partial charge on any atom is -0.444 e. The summed E-state index contributed by atoms with van der Waals surface area (Å²) in [4.78, 5) is 16.0. The topological polar surface area (TPSA) is 75.4 Å². The van der Waals surface area contributed by atoms with Gasteiger partial charge in [-0.15, -0.1) is 0 Å². The fourth-order valence-electron chi connectivity index (χ4n) is 1.88. The Kier molecular flexibility index (Phi) is 4.92. The molecule has 0 saturated carbocycles. The lowest BCUT2D eigenvalue weighted by Crippen LogP contribution is -2.39. The first-order valence-corrected chi connectivity index (χ1v) is 6.96. The number of carbonyl (C=O) groups excluding carboxylic acids is 1. The van der Waals surface area contributed by atoms with E-state index in [9.17, 15) is 9.90 Å². The van der Waals surface area contributed by atoms with Crippen LogP contribution in [0.1, 0.15) is 21.7 Å². The maximum Gasteiger partial charge on any atom is 0.287 e. The third kappa shape index (κ3) is 3.68. The highest BCUT2D eigenvalue weighted by Crippen LogP contribution is 2.19. The van der Waals surface area contributed by atoms with Crippen LogP contribution in [0.4, 0.5) is 0 Å². The summed E-state index contributed by atoms with van der Waals surface area (Å²) < 4.78 is 5.79. The van der Waals surface area contributed by atoms with Crippen molar-refractivity contribution < 1.29 is 14.3 Å². The molecule has 2 aromatic heterocycles. The second-order valence-electron chi connectivity index (χ2n) is 4.48. The number of aliphatic hydroxyl groups is 1. The molecule has 0 aliphatic heterocycles. The van der Waals surface area contributed by atoms with Crippen LogP contribution < -0.4 is 5.32 Å². The molecule has 1 amide bonds. The molecule has 0 radical (unpaired) electrons. The predicted molar refractivity (Wildman–Crippen MR) is 77.4 cm³/mol. The summed E-state index contributed by atoms with van der Waals surface area (Å²) in [6.45, 7) is 1.65. The van der Waals surface area contributed by atoms with Crippen LogP contribution in [0.2, 0.25) is 0 Å². The molecule has 2 heterocycles. The largest absolute Gasteiger partial charge is 0.444 e. The van der Waals surface area contributed by atoms with Gasteiger partial charge in [0.05, 0.1) is 12.6 Å². The van der Waals surface area contributed by atoms with E-state index in [0.717, 1.165) is 11.1 Å². The number of pyridine rings is 1. The van der Waals surface area contributed by atoms with Crippen LogP contribution in [0.3, 0.4) is 0 Å². The van der Waals surface area contributed by atoms with Gasteiger partial charge in [-0.3, -0.25) is 9.78 Å². The fraction of sp³-hybridized carbons (Fsp3) is 0.286. The molecule has 0 bridgehead atoms. The Morgan fingerprint density at radius 1 is 1.50 bits per heavy atom. The molecule has 2 rings (SSSR count). The molecule has 0 aliphatic rings. The van der Waals surface area contributed by atoms with Crippen LogP contribution in [-0.4, -0.2) is 28.6 Å². The average Bonchev–Trinajstić information content (AvgIpc) is 2.78. The van der Waals surface area contributed by atoms with Gasteiger partial charge in [0.1, 0.15) is 0 Å². The summed E-state index contributed by atoms with van der Waals surface area (Å²) in [7, 11) is 0. The monoisotopic (exact) mass is 338 g/mol. The molecule has 0 aromatic carbocycles. The van der Waals surface area contributed by atoms with Gasteiger partial charge in [0.15, 0.2) is 10.4 Å². The van der Waals surface area contributed by atoms with Gasteiger partial charge in [-0.1, -0.05) is 0 Å². The van der Waals surface area contributed by atoms with Gasteiger partial charge in [0.25, 0.3) is 5.91 Å². The Balaban J connectivity index is 2.03. The van der Waals surface area contributed by atoms with Crippen molar-refractivity contribution in [2.24, 2.45) is 0 Å². The van der Waals surface area contributed by atoms with Crippen LogP contribution >= 0.6 is 15.9 Å². The first kappa shape index (κ1) is 14.7.